The summed E-state index contributed by atoms with van der Waals surface area (Å²) in [6, 6.07) is 51.0. The van der Waals surface area contributed by atoms with Crippen molar-refractivity contribution in [1.82, 2.24) is 0 Å². The van der Waals surface area contributed by atoms with Gasteiger partial charge in [-0.1, -0.05) is 152 Å². The Morgan fingerprint density at radius 2 is 0.959 bits per heavy atom. The molecule has 0 unspecified atom stereocenters. The standard InChI is InChI=1S/C48H30O/c1-3-12-31(13-4-1)33-22-23-35-29-37(25-24-34(35)28-33)46-38-16-7-9-18-40(38)47(41-19-10-8-17-39(41)46)42-20-11-21-45-48(42)43-30-36(26-27-44(43)49-45)32-14-5-2-6-15-32/h1-30H/i2D,5D,6D,14D,15D. The van der Waals surface area contributed by atoms with Gasteiger partial charge in [0, 0.05) is 10.8 Å². The number of fused-ring (bicyclic) bond motifs is 6. The first-order chi connectivity index (χ1) is 26.4. The van der Waals surface area contributed by atoms with E-state index in [4.69, 9.17) is 11.3 Å². The molecule has 0 amide bonds. The summed E-state index contributed by atoms with van der Waals surface area (Å²) < 4.78 is 48.4. The van der Waals surface area contributed by atoms with Gasteiger partial charge in [0.15, 0.2) is 0 Å². The van der Waals surface area contributed by atoms with E-state index in [-0.39, 0.29) is 29.7 Å². The van der Waals surface area contributed by atoms with Gasteiger partial charge in [0.2, 0.25) is 0 Å². The van der Waals surface area contributed by atoms with E-state index < -0.39 is 6.04 Å². The Hall–Kier alpha value is -6.44. The molecule has 0 saturated heterocycles. The van der Waals surface area contributed by atoms with Crippen LogP contribution in [0.5, 0.6) is 0 Å². The van der Waals surface area contributed by atoms with Gasteiger partial charge in [0.1, 0.15) is 11.2 Å². The molecule has 0 aliphatic carbocycles. The summed E-state index contributed by atoms with van der Waals surface area (Å²) >= 11 is 0. The van der Waals surface area contributed by atoms with E-state index in [2.05, 4.69) is 115 Å². The Labute approximate surface area is 291 Å². The van der Waals surface area contributed by atoms with Gasteiger partial charge in [-0.3, -0.25) is 0 Å². The third kappa shape index (κ3) is 4.47. The van der Waals surface area contributed by atoms with Gasteiger partial charge in [0.05, 0.1) is 6.85 Å². The largest absolute Gasteiger partial charge is 0.456 e. The number of benzene rings is 9. The second-order valence-corrected chi connectivity index (χ2v) is 12.5. The molecule has 10 aromatic rings. The summed E-state index contributed by atoms with van der Waals surface area (Å²) in [4.78, 5) is 0. The SMILES string of the molecule is [2H]c1c([2H])c([2H])c(-c2ccc3oc4cccc(-c5c6ccccc6c(-c6ccc7cc(-c8ccccc8)ccc7c6)c6ccccc56)c4c3c2)c([2H])c1[2H]. The van der Waals surface area contributed by atoms with Gasteiger partial charge in [-0.15, -0.1) is 0 Å². The van der Waals surface area contributed by atoms with Crippen LogP contribution in [0.4, 0.5) is 0 Å². The quantitative estimate of drug-likeness (QED) is 0.177. The van der Waals surface area contributed by atoms with E-state index in [1.807, 2.05) is 30.3 Å². The highest BCUT2D eigenvalue weighted by molar-refractivity contribution is 6.26. The lowest BCUT2D eigenvalue weighted by molar-refractivity contribution is 0.669. The number of rotatable bonds is 4. The average molecular weight is 628 g/mol. The molecule has 0 aliphatic rings. The van der Waals surface area contributed by atoms with Crippen molar-refractivity contribution in [3.05, 3.63) is 182 Å². The molecule has 1 nitrogen and oxygen atoms in total. The van der Waals surface area contributed by atoms with Crippen LogP contribution in [-0.2, 0) is 0 Å². The Morgan fingerprint density at radius 3 is 1.67 bits per heavy atom. The summed E-state index contributed by atoms with van der Waals surface area (Å²) in [6.45, 7) is 0. The number of hydrogen-bond donors (Lipinski definition) is 0. The number of hydrogen-bond acceptors (Lipinski definition) is 1. The fourth-order valence-electron chi connectivity index (χ4n) is 7.53. The van der Waals surface area contributed by atoms with Crippen LogP contribution in [0.2, 0.25) is 0 Å². The average Bonchev–Trinajstić information content (AvgIpc) is 3.60. The predicted octanol–water partition coefficient (Wildman–Crippen LogP) is 13.7. The lowest BCUT2D eigenvalue weighted by Crippen LogP contribution is -1.91. The maximum absolute atomic E-state index is 8.65. The van der Waals surface area contributed by atoms with Gasteiger partial charge >= 0.3 is 0 Å². The highest BCUT2D eigenvalue weighted by Gasteiger charge is 2.20. The van der Waals surface area contributed by atoms with Crippen molar-refractivity contribution in [3.63, 3.8) is 0 Å². The molecule has 0 aliphatic heterocycles. The van der Waals surface area contributed by atoms with Crippen molar-refractivity contribution in [1.29, 1.82) is 0 Å². The molecule has 1 heterocycles. The van der Waals surface area contributed by atoms with Gasteiger partial charge in [-0.05, 0) is 107 Å². The Bertz CT molecular complexity index is 3080. The third-order valence-electron chi connectivity index (χ3n) is 9.72. The predicted molar refractivity (Wildman–Crippen MR) is 208 cm³/mol. The summed E-state index contributed by atoms with van der Waals surface area (Å²) in [5.41, 5.74) is 8.86. The summed E-state index contributed by atoms with van der Waals surface area (Å²) in [5, 5.41) is 8.56. The highest BCUT2D eigenvalue weighted by Crippen LogP contribution is 2.47. The van der Waals surface area contributed by atoms with E-state index >= 15 is 0 Å². The van der Waals surface area contributed by atoms with Crippen molar-refractivity contribution in [3.8, 4) is 44.5 Å². The van der Waals surface area contributed by atoms with Crippen LogP contribution in [0.3, 0.4) is 0 Å². The fourth-order valence-corrected chi connectivity index (χ4v) is 7.53. The van der Waals surface area contributed by atoms with Gasteiger partial charge < -0.3 is 4.42 Å². The Balaban J connectivity index is 1.22. The first-order valence-corrected chi connectivity index (χ1v) is 16.4. The highest BCUT2D eigenvalue weighted by atomic mass is 16.3. The van der Waals surface area contributed by atoms with E-state index in [1.54, 1.807) is 6.07 Å². The molecule has 0 bridgehead atoms. The van der Waals surface area contributed by atoms with E-state index in [0.717, 1.165) is 49.0 Å². The molecule has 9 aromatic carbocycles. The van der Waals surface area contributed by atoms with Crippen LogP contribution in [0, 0.1) is 0 Å². The molecule has 1 aromatic heterocycles. The van der Waals surface area contributed by atoms with Gasteiger partial charge in [-0.2, -0.15) is 0 Å². The van der Waals surface area contributed by atoms with E-state index in [1.165, 1.54) is 27.5 Å². The molecule has 10 rings (SSSR count). The normalized spacial score (nSPS) is 13.1. The molecule has 0 atom stereocenters. The lowest BCUT2D eigenvalue weighted by atomic mass is 9.84. The van der Waals surface area contributed by atoms with Crippen molar-refractivity contribution >= 4 is 54.3 Å². The molecular formula is C48H30O. The zero-order valence-corrected chi connectivity index (χ0v) is 26.3. The van der Waals surface area contributed by atoms with Gasteiger partial charge in [0.25, 0.3) is 0 Å². The maximum atomic E-state index is 8.65. The molecule has 1 heteroatoms. The molecule has 228 valence electrons. The minimum absolute atomic E-state index is 0.168. The number of furan rings is 1. The second-order valence-electron chi connectivity index (χ2n) is 12.5. The molecule has 0 fully saturated rings. The topological polar surface area (TPSA) is 13.1 Å². The summed E-state index contributed by atoms with van der Waals surface area (Å²) in [6.07, 6.45) is 0. The Kier molecular flexibility index (Phi) is 5.20. The van der Waals surface area contributed by atoms with Crippen LogP contribution < -0.4 is 0 Å². The van der Waals surface area contributed by atoms with Crippen molar-refractivity contribution in [2.75, 3.05) is 0 Å². The van der Waals surface area contributed by atoms with Crippen LogP contribution in [0.1, 0.15) is 6.85 Å². The minimum Gasteiger partial charge on any atom is -0.456 e. The minimum atomic E-state index is -0.408. The zero-order chi connectivity index (χ0) is 36.7. The van der Waals surface area contributed by atoms with Crippen molar-refractivity contribution in [2.45, 2.75) is 0 Å². The smallest absolute Gasteiger partial charge is 0.136 e. The zero-order valence-electron chi connectivity index (χ0n) is 31.3. The molecule has 0 saturated carbocycles. The molecule has 0 radical (unpaired) electrons. The molecule has 0 N–H and O–H groups in total. The van der Waals surface area contributed by atoms with Crippen LogP contribution in [0.25, 0.3) is 98.8 Å². The Morgan fingerprint density at radius 1 is 0.367 bits per heavy atom. The third-order valence-corrected chi connectivity index (χ3v) is 9.72. The van der Waals surface area contributed by atoms with E-state index in [9.17, 15) is 0 Å². The molecule has 0 spiro atoms. The second kappa shape index (κ2) is 11.1. The van der Waals surface area contributed by atoms with Crippen molar-refractivity contribution in [2.24, 2.45) is 0 Å². The van der Waals surface area contributed by atoms with Gasteiger partial charge in [-0.25, -0.2) is 0 Å². The summed E-state index contributed by atoms with van der Waals surface area (Å²) in [7, 11) is 0. The monoisotopic (exact) mass is 627 g/mol. The lowest BCUT2D eigenvalue weighted by Gasteiger charge is -2.18. The maximum Gasteiger partial charge on any atom is 0.136 e. The fraction of sp³-hybridized carbons (Fsp3) is 0. The van der Waals surface area contributed by atoms with Crippen LogP contribution >= 0.6 is 0 Å². The van der Waals surface area contributed by atoms with Crippen molar-refractivity contribution < 1.29 is 11.3 Å². The van der Waals surface area contributed by atoms with Crippen LogP contribution in [-0.4, -0.2) is 0 Å². The molecular weight excluding hydrogens is 593 g/mol. The van der Waals surface area contributed by atoms with E-state index in [0.29, 0.717) is 16.7 Å². The molecule has 49 heavy (non-hydrogen) atoms. The van der Waals surface area contributed by atoms with Crippen LogP contribution in [0.15, 0.2) is 186 Å². The summed E-state index contributed by atoms with van der Waals surface area (Å²) in [5.74, 6) is 0. The first kappa shape index (κ1) is 23.0. The first-order valence-electron chi connectivity index (χ1n) is 18.9.